The molecular formula is C6H11NO2. The highest BCUT2D eigenvalue weighted by molar-refractivity contribution is 4.88. The molecule has 0 saturated carbocycles. The van der Waals surface area contributed by atoms with Gasteiger partial charge >= 0.3 is 0 Å². The minimum absolute atomic E-state index is 0.753. The van der Waals surface area contributed by atoms with E-state index in [4.69, 9.17) is 9.47 Å². The van der Waals surface area contributed by atoms with Crippen LogP contribution in [0.15, 0.2) is 12.1 Å². The van der Waals surface area contributed by atoms with Gasteiger partial charge in [0.25, 0.3) is 0 Å². The van der Waals surface area contributed by atoms with Crippen LogP contribution in [0.5, 0.6) is 0 Å². The highest BCUT2D eigenvalue weighted by Gasteiger charge is 2.08. The zero-order valence-corrected chi connectivity index (χ0v) is 5.76. The van der Waals surface area contributed by atoms with Crippen molar-refractivity contribution in [1.82, 2.24) is 4.90 Å². The first-order valence-corrected chi connectivity index (χ1v) is 2.91. The minimum Gasteiger partial charge on any atom is -0.494 e. The summed E-state index contributed by atoms with van der Waals surface area (Å²) in [5.41, 5.74) is 0. The number of hydrogen-bond donors (Lipinski definition) is 0. The first-order chi connectivity index (χ1) is 4.34. The zero-order valence-electron chi connectivity index (χ0n) is 5.76. The molecule has 1 rings (SSSR count). The summed E-state index contributed by atoms with van der Waals surface area (Å²) in [4.78, 5) is 2.00. The Morgan fingerprint density at radius 1 is 1.78 bits per heavy atom. The summed E-state index contributed by atoms with van der Waals surface area (Å²) in [6, 6.07) is 0. The largest absolute Gasteiger partial charge is 0.494 e. The van der Waals surface area contributed by atoms with Crippen molar-refractivity contribution in [3.63, 3.8) is 0 Å². The van der Waals surface area contributed by atoms with E-state index in [1.54, 1.807) is 13.4 Å². The molecule has 0 atom stereocenters. The maximum Gasteiger partial charge on any atom is 0.224 e. The Morgan fingerprint density at radius 2 is 2.56 bits per heavy atom. The molecule has 9 heavy (non-hydrogen) atoms. The lowest BCUT2D eigenvalue weighted by Crippen LogP contribution is -2.26. The number of hydrogen-bond acceptors (Lipinski definition) is 3. The van der Waals surface area contributed by atoms with Crippen molar-refractivity contribution in [3.8, 4) is 0 Å². The molecule has 0 bridgehead atoms. The number of ether oxygens (including phenoxy) is 2. The van der Waals surface area contributed by atoms with Gasteiger partial charge in [0, 0.05) is 7.05 Å². The molecule has 0 unspecified atom stereocenters. The van der Waals surface area contributed by atoms with Crippen LogP contribution in [-0.2, 0) is 9.47 Å². The van der Waals surface area contributed by atoms with Gasteiger partial charge in [-0.15, -0.1) is 0 Å². The molecule has 0 amide bonds. The Hall–Kier alpha value is -0.860. The maximum atomic E-state index is 5.01. The van der Waals surface area contributed by atoms with Gasteiger partial charge in [-0.2, -0.15) is 0 Å². The Labute approximate surface area is 54.9 Å². The molecule has 1 aliphatic rings. The van der Waals surface area contributed by atoms with Crippen molar-refractivity contribution in [1.29, 1.82) is 0 Å². The topological polar surface area (TPSA) is 21.7 Å². The number of rotatable bonds is 1. The smallest absolute Gasteiger partial charge is 0.224 e. The average molecular weight is 129 g/mol. The summed E-state index contributed by atoms with van der Waals surface area (Å²) in [5.74, 6) is 0.793. The van der Waals surface area contributed by atoms with E-state index in [9.17, 15) is 0 Å². The molecule has 0 fully saturated rings. The average Bonchev–Trinajstić information content (AvgIpc) is 1.89. The predicted molar refractivity (Wildman–Crippen MR) is 33.7 cm³/mol. The number of nitrogens with zero attached hydrogens (tertiary/aromatic N) is 1. The predicted octanol–water partition coefficient (Wildman–Crippen LogP) is 0.394. The fraction of sp³-hybridized carbons (Fsp3) is 0.667. The second-order valence-corrected chi connectivity index (χ2v) is 1.95. The van der Waals surface area contributed by atoms with Gasteiger partial charge in [0.2, 0.25) is 5.88 Å². The molecule has 3 heteroatoms. The molecule has 0 aromatic carbocycles. The summed E-state index contributed by atoms with van der Waals surface area (Å²) < 4.78 is 9.98. The Balaban J connectivity index is 2.53. The van der Waals surface area contributed by atoms with Gasteiger partial charge in [0.15, 0.2) is 0 Å². The monoisotopic (exact) mass is 129 g/mol. The molecule has 1 aliphatic heterocycles. The highest BCUT2D eigenvalue weighted by atomic mass is 16.5. The van der Waals surface area contributed by atoms with Crippen LogP contribution in [0.2, 0.25) is 0 Å². The molecule has 0 spiro atoms. The second-order valence-electron chi connectivity index (χ2n) is 1.95. The fourth-order valence-electron chi connectivity index (χ4n) is 0.724. The van der Waals surface area contributed by atoms with Crippen LogP contribution in [0.1, 0.15) is 0 Å². The third kappa shape index (κ3) is 1.28. The van der Waals surface area contributed by atoms with Crippen LogP contribution in [0.4, 0.5) is 0 Å². The molecule has 0 aromatic rings. The lowest BCUT2D eigenvalue weighted by atomic mass is 10.5. The van der Waals surface area contributed by atoms with Crippen LogP contribution < -0.4 is 0 Å². The molecule has 0 aromatic heterocycles. The molecule has 1 heterocycles. The van der Waals surface area contributed by atoms with E-state index >= 15 is 0 Å². The summed E-state index contributed by atoms with van der Waals surface area (Å²) >= 11 is 0. The quantitative estimate of drug-likeness (QED) is 0.511. The molecular weight excluding hydrogens is 118 g/mol. The van der Waals surface area contributed by atoms with Crippen molar-refractivity contribution >= 4 is 0 Å². The molecule has 0 N–H and O–H groups in total. The van der Waals surface area contributed by atoms with Gasteiger partial charge in [-0.25, -0.2) is 0 Å². The fourth-order valence-corrected chi connectivity index (χ4v) is 0.724. The van der Waals surface area contributed by atoms with Gasteiger partial charge in [0.05, 0.1) is 13.7 Å². The van der Waals surface area contributed by atoms with E-state index in [1.807, 2.05) is 11.9 Å². The highest BCUT2D eigenvalue weighted by Crippen LogP contribution is 2.06. The van der Waals surface area contributed by atoms with E-state index in [0.29, 0.717) is 0 Å². The molecule has 0 aliphatic carbocycles. The van der Waals surface area contributed by atoms with E-state index in [2.05, 4.69) is 0 Å². The minimum atomic E-state index is 0.753. The van der Waals surface area contributed by atoms with E-state index < -0.39 is 0 Å². The lowest BCUT2D eigenvalue weighted by Gasteiger charge is -2.24. The first kappa shape index (κ1) is 6.26. The second kappa shape index (κ2) is 2.62. The Bertz CT molecular complexity index is 122. The third-order valence-electron chi connectivity index (χ3n) is 1.31. The standard InChI is InChI=1S/C6H11NO2/c1-7-3-4-9-5-6(7)8-2/h5H,3-4H2,1-2H3. The normalized spacial score (nSPS) is 18.4. The van der Waals surface area contributed by atoms with Gasteiger partial charge in [-0.05, 0) is 0 Å². The zero-order chi connectivity index (χ0) is 6.69. The van der Waals surface area contributed by atoms with Crippen molar-refractivity contribution in [2.75, 3.05) is 27.3 Å². The van der Waals surface area contributed by atoms with Crippen LogP contribution in [0.3, 0.4) is 0 Å². The van der Waals surface area contributed by atoms with Crippen molar-refractivity contribution in [3.05, 3.63) is 12.1 Å². The van der Waals surface area contributed by atoms with Gasteiger partial charge < -0.3 is 14.4 Å². The van der Waals surface area contributed by atoms with Crippen molar-refractivity contribution in [2.24, 2.45) is 0 Å². The third-order valence-corrected chi connectivity index (χ3v) is 1.31. The van der Waals surface area contributed by atoms with Crippen molar-refractivity contribution < 1.29 is 9.47 Å². The summed E-state index contributed by atoms with van der Waals surface area (Å²) in [6.45, 7) is 1.66. The number of likely N-dealkylation sites (N-methyl/N-ethyl adjacent to an activating group) is 1. The SMILES string of the molecule is COC1=COCCN1C. The first-order valence-electron chi connectivity index (χ1n) is 2.91. The lowest BCUT2D eigenvalue weighted by molar-refractivity contribution is 0.0889. The summed E-state index contributed by atoms with van der Waals surface area (Å²) in [7, 11) is 3.61. The van der Waals surface area contributed by atoms with E-state index in [1.165, 1.54) is 0 Å². The molecule has 3 nitrogen and oxygen atoms in total. The van der Waals surface area contributed by atoms with Crippen LogP contribution in [0, 0.1) is 0 Å². The van der Waals surface area contributed by atoms with E-state index in [0.717, 1.165) is 19.0 Å². The molecule has 0 radical (unpaired) electrons. The van der Waals surface area contributed by atoms with Crippen LogP contribution in [0.25, 0.3) is 0 Å². The van der Waals surface area contributed by atoms with Crippen LogP contribution >= 0.6 is 0 Å². The maximum absolute atomic E-state index is 5.01. The summed E-state index contributed by atoms with van der Waals surface area (Å²) in [5, 5.41) is 0. The number of methoxy groups -OCH3 is 1. The summed E-state index contributed by atoms with van der Waals surface area (Å²) in [6.07, 6.45) is 1.63. The van der Waals surface area contributed by atoms with E-state index in [-0.39, 0.29) is 0 Å². The van der Waals surface area contributed by atoms with Crippen LogP contribution in [-0.4, -0.2) is 32.2 Å². The Kier molecular flexibility index (Phi) is 1.82. The Morgan fingerprint density at radius 3 is 3.00 bits per heavy atom. The molecule has 52 valence electrons. The van der Waals surface area contributed by atoms with Crippen molar-refractivity contribution in [2.45, 2.75) is 0 Å². The van der Waals surface area contributed by atoms with Gasteiger partial charge in [-0.3, -0.25) is 0 Å². The van der Waals surface area contributed by atoms with Gasteiger partial charge in [-0.1, -0.05) is 0 Å². The van der Waals surface area contributed by atoms with Gasteiger partial charge in [0.1, 0.15) is 12.9 Å². The molecule has 0 saturated heterocycles.